The first-order valence-electron chi connectivity index (χ1n) is 5.42. The van der Waals surface area contributed by atoms with Crippen molar-refractivity contribution in [1.29, 1.82) is 0 Å². The maximum Gasteiger partial charge on any atom is 0.0820 e. The summed E-state index contributed by atoms with van der Waals surface area (Å²) in [6.45, 7) is 6.57. The minimum Gasteiger partial charge on any atom is -0.396 e. The number of rotatable bonds is 4. The van der Waals surface area contributed by atoms with Crippen LogP contribution < -0.4 is 5.32 Å². The number of nitrogens with one attached hydrogen (secondary N) is 1. The molecule has 0 aromatic carbocycles. The van der Waals surface area contributed by atoms with Gasteiger partial charge in [0.15, 0.2) is 0 Å². The van der Waals surface area contributed by atoms with Gasteiger partial charge in [-0.2, -0.15) is 0 Å². The minimum absolute atomic E-state index is 0.0648. The molecule has 0 aliphatic carbocycles. The Hall–Kier alpha value is -0.800. The van der Waals surface area contributed by atoms with Crippen LogP contribution in [0.2, 0.25) is 5.02 Å². The Morgan fingerprint density at radius 2 is 2.19 bits per heavy atom. The molecule has 0 saturated heterocycles. The molecule has 1 unspecified atom stereocenters. The molecule has 1 rings (SSSR count). The molecule has 0 aliphatic heterocycles. The SMILES string of the molecule is CC(C)(C)C(CCO)Nc1ccncc1Cl. The lowest BCUT2D eigenvalue weighted by molar-refractivity contribution is 0.235. The van der Waals surface area contributed by atoms with Crippen LogP contribution >= 0.6 is 11.6 Å². The number of anilines is 1. The van der Waals surface area contributed by atoms with E-state index in [1.165, 1.54) is 0 Å². The van der Waals surface area contributed by atoms with Crippen molar-refractivity contribution in [3.05, 3.63) is 23.5 Å². The van der Waals surface area contributed by atoms with E-state index in [-0.39, 0.29) is 18.1 Å². The molecular weight excluding hydrogens is 224 g/mol. The fourth-order valence-corrected chi connectivity index (χ4v) is 1.70. The quantitative estimate of drug-likeness (QED) is 0.853. The van der Waals surface area contributed by atoms with Crippen molar-refractivity contribution in [3.8, 4) is 0 Å². The molecule has 4 heteroatoms. The summed E-state index contributed by atoms with van der Waals surface area (Å²) in [5, 5.41) is 13.0. The number of aliphatic hydroxyl groups excluding tert-OH is 1. The molecule has 16 heavy (non-hydrogen) atoms. The Bertz CT molecular complexity index is 336. The average molecular weight is 243 g/mol. The summed E-state index contributed by atoms with van der Waals surface area (Å²) in [6.07, 6.45) is 4.01. The van der Waals surface area contributed by atoms with Gasteiger partial charge in [-0.05, 0) is 17.9 Å². The van der Waals surface area contributed by atoms with Gasteiger partial charge in [0.05, 0.1) is 10.7 Å². The van der Waals surface area contributed by atoms with Gasteiger partial charge in [0, 0.05) is 25.0 Å². The van der Waals surface area contributed by atoms with Crippen molar-refractivity contribution in [1.82, 2.24) is 4.98 Å². The van der Waals surface area contributed by atoms with Gasteiger partial charge in [0.25, 0.3) is 0 Å². The van der Waals surface area contributed by atoms with E-state index in [0.717, 1.165) is 5.69 Å². The molecule has 90 valence electrons. The van der Waals surface area contributed by atoms with Crippen LogP contribution in [0.3, 0.4) is 0 Å². The first-order valence-corrected chi connectivity index (χ1v) is 5.80. The Balaban J connectivity index is 2.80. The molecule has 1 heterocycles. The largest absolute Gasteiger partial charge is 0.396 e. The summed E-state index contributed by atoms with van der Waals surface area (Å²) in [4.78, 5) is 3.94. The Morgan fingerprint density at radius 3 is 2.69 bits per heavy atom. The molecule has 0 aliphatic rings. The van der Waals surface area contributed by atoms with Crippen molar-refractivity contribution in [2.45, 2.75) is 33.2 Å². The van der Waals surface area contributed by atoms with E-state index in [2.05, 4.69) is 31.1 Å². The number of pyridine rings is 1. The molecule has 0 spiro atoms. The van der Waals surface area contributed by atoms with E-state index in [9.17, 15) is 0 Å². The minimum atomic E-state index is 0.0648. The highest BCUT2D eigenvalue weighted by Crippen LogP contribution is 2.28. The van der Waals surface area contributed by atoms with Gasteiger partial charge in [-0.3, -0.25) is 4.98 Å². The highest BCUT2D eigenvalue weighted by molar-refractivity contribution is 6.33. The number of nitrogens with zero attached hydrogens (tertiary/aromatic N) is 1. The maximum absolute atomic E-state index is 9.06. The molecule has 0 bridgehead atoms. The number of hydrogen-bond acceptors (Lipinski definition) is 3. The van der Waals surface area contributed by atoms with Gasteiger partial charge in [-0.15, -0.1) is 0 Å². The summed E-state index contributed by atoms with van der Waals surface area (Å²) in [5.41, 5.74) is 0.931. The Labute approximate surface area is 102 Å². The molecule has 1 aromatic heterocycles. The summed E-state index contributed by atoms with van der Waals surface area (Å²) in [6, 6.07) is 2.02. The zero-order valence-corrected chi connectivity index (χ0v) is 10.8. The predicted molar refractivity (Wildman–Crippen MR) is 67.8 cm³/mol. The van der Waals surface area contributed by atoms with E-state index < -0.39 is 0 Å². The number of halogens is 1. The van der Waals surface area contributed by atoms with Crippen LogP contribution in [0, 0.1) is 5.41 Å². The van der Waals surface area contributed by atoms with Gasteiger partial charge in [0.1, 0.15) is 0 Å². The Morgan fingerprint density at radius 1 is 1.50 bits per heavy atom. The third-order valence-electron chi connectivity index (χ3n) is 2.57. The lowest BCUT2D eigenvalue weighted by atomic mass is 9.85. The van der Waals surface area contributed by atoms with Gasteiger partial charge in [-0.1, -0.05) is 32.4 Å². The molecule has 0 amide bonds. The zero-order chi connectivity index (χ0) is 12.2. The van der Waals surface area contributed by atoms with Crippen LogP contribution in [0.5, 0.6) is 0 Å². The van der Waals surface area contributed by atoms with E-state index in [0.29, 0.717) is 11.4 Å². The van der Waals surface area contributed by atoms with Gasteiger partial charge in [0.2, 0.25) is 0 Å². The van der Waals surface area contributed by atoms with Crippen LogP contribution in [0.15, 0.2) is 18.5 Å². The van der Waals surface area contributed by atoms with Crippen molar-refractivity contribution in [2.75, 3.05) is 11.9 Å². The standard InChI is InChI=1S/C12H19ClN2O/c1-12(2,3)11(5-7-16)15-10-4-6-14-8-9(10)13/h4,6,8,11,16H,5,7H2,1-3H3,(H,14,15). The van der Waals surface area contributed by atoms with Crippen molar-refractivity contribution >= 4 is 17.3 Å². The Kier molecular flexibility index (Phi) is 4.56. The monoisotopic (exact) mass is 242 g/mol. The maximum atomic E-state index is 9.06. The molecule has 3 nitrogen and oxygen atoms in total. The molecular formula is C12H19ClN2O. The topological polar surface area (TPSA) is 45.1 Å². The van der Waals surface area contributed by atoms with Crippen molar-refractivity contribution in [3.63, 3.8) is 0 Å². The van der Waals surface area contributed by atoms with Crippen LogP contribution in [-0.2, 0) is 0 Å². The van der Waals surface area contributed by atoms with Gasteiger partial charge in [-0.25, -0.2) is 0 Å². The number of hydrogen-bond donors (Lipinski definition) is 2. The molecule has 2 N–H and O–H groups in total. The number of aliphatic hydroxyl groups is 1. The highest BCUT2D eigenvalue weighted by Gasteiger charge is 2.24. The zero-order valence-electron chi connectivity index (χ0n) is 10.00. The van der Waals surface area contributed by atoms with Crippen LogP contribution in [0.1, 0.15) is 27.2 Å². The smallest absolute Gasteiger partial charge is 0.0820 e. The van der Waals surface area contributed by atoms with Gasteiger partial charge < -0.3 is 10.4 Å². The fraction of sp³-hybridized carbons (Fsp3) is 0.583. The first kappa shape index (κ1) is 13.3. The summed E-state index contributed by atoms with van der Waals surface area (Å²) >= 11 is 6.03. The summed E-state index contributed by atoms with van der Waals surface area (Å²) < 4.78 is 0. The van der Waals surface area contributed by atoms with E-state index in [1.54, 1.807) is 12.4 Å². The van der Waals surface area contributed by atoms with Crippen LogP contribution in [-0.4, -0.2) is 22.7 Å². The molecule has 0 radical (unpaired) electrons. The fourth-order valence-electron chi connectivity index (χ4n) is 1.53. The van der Waals surface area contributed by atoms with E-state index in [4.69, 9.17) is 16.7 Å². The second-order valence-corrected chi connectivity index (χ2v) is 5.34. The van der Waals surface area contributed by atoms with E-state index in [1.807, 2.05) is 6.07 Å². The highest BCUT2D eigenvalue weighted by atomic mass is 35.5. The molecule has 0 saturated carbocycles. The second kappa shape index (κ2) is 5.51. The first-order chi connectivity index (χ1) is 7.45. The van der Waals surface area contributed by atoms with E-state index >= 15 is 0 Å². The van der Waals surface area contributed by atoms with Crippen molar-refractivity contribution < 1.29 is 5.11 Å². The lowest BCUT2D eigenvalue weighted by Crippen LogP contribution is -2.34. The lowest BCUT2D eigenvalue weighted by Gasteiger charge is -2.32. The van der Waals surface area contributed by atoms with Gasteiger partial charge >= 0.3 is 0 Å². The molecule has 1 aromatic rings. The third-order valence-corrected chi connectivity index (χ3v) is 2.87. The molecule has 1 atom stereocenters. The summed E-state index contributed by atoms with van der Waals surface area (Å²) in [7, 11) is 0. The number of aromatic nitrogens is 1. The van der Waals surface area contributed by atoms with Crippen LogP contribution in [0.25, 0.3) is 0 Å². The predicted octanol–water partition coefficient (Wildman–Crippen LogP) is 2.94. The molecule has 0 fully saturated rings. The van der Waals surface area contributed by atoms with Crippen molar-refractivity contribution in [2.24, 2.45) is 5.41 Å². The normalized spacial score (nSPS) is 13.6. The average Bonchev–Trinajstić information content (AvgIpc) is 2.19. The third kappa shape index (κ3) is 3.65. The van der Waals surface area contributed by atoms with Crippen LogP contribution in [0.4, 0.5) is 5.69 Å². The second-order valence-electron chi connectivity index (χ2n) is 4.93. The summed E-state index contributed by atoms with van der Waals surface area (Å²) in [5.74, 6) is 0.